The van der Waals surface area contributed by atoms with Crippen molar-refractivity contribution < 1.29 is 45.7 Å². The Kier molecular flexibility index (Phi) is 10.0. The van der Waals surface area contributed by atoms with Crippen LogP contribution in [-0.4, -0.2) is 41.0 Å². The fourth-order valence-corrected chi connectivity index (χ4v) is 5.55. The molecule has 0 unspecified atom stereocenters. The molecule has 0 amide bonds. The number of aromatic nitrogens is 1. The zero-order valence-electron chi connectivity index (χ0n) is 22.5. The summed E-state index contributed by atoms with van der Waals surface area (Å²) in [4.78, 5) is 13.5. The van der Waals surface area contributed by atoms with E-state index in [2.05, 4.69) is 4.74 Å². The van der Waals surface area contributed by atoms with Crippen LogP contribution in [0.1, 0.15) is 46.0 Å². The summed E-state index contributed by atoms with van der Waals surface area (Å²) < 4.78 is 71.9. The number of alkyl halides is 2. The monoisotopic (exact) mass is 645 g/mol. The van der Waals surface area contributed by atoms with E-state index in [4.69, 9.17) is 37.4 Å². The Morgan fingerprint density at radius 1 is 1.07 bits per heavy atom. The normalized spacial score (nSPS) is 14.0. The highest BCUT2D eigenvalue weighted by Crippen LogP contribution is 2.38. The summed E-state index contributed by atoms with van der Waals surface area (Å²) in [6, 6.07) is 8.44. The summed E-state index contributed by atoms with van der Waals surface area (Å²) in [7, 11) is -2.07. The number of hydrogen-bond acceptors (Lipinski definition) is 8. The van der Waals surface area contributed by atoms with E-state index in [1.165, 1.54) is 43.5 Å². The highest BCUT2D eigenvalue weighted by atomic mass is 35.5. The van der Waals surface area contributed by atoms with E-state index in [1.54, 1.807) is 0 Å². The number of sulfone groups is 1. The van der Waals surface area contributed by atoms with Crippen LogP contribution in [0.2, 0.25) is 10.0 Å². The van der Waals surface area contributed by atoms with Crippen LogP contribution < -0.4 is 18.9 Å². The number of pyridine rings is 1. The summed E-state index contributed by atoms with van der Waals surface area (Å²) in [5.74, 6) is -0.933. The molecule has 1 atom stereocenters. The van der Waals surface area contributed by atoms with Gasteiger partial charge in [0.05, 0.1) is 19.5 Å². The second-order valence-corrected chi connectivity index (χ2v) is 12.8. The van der Waals surface area contributed by atoms with E-state index in [0.717, 1.165) is 31.5 Å². The number of carbonyl (C=O) groups is 1. The van der Waals surface area contributed by atoms with Crippen LogP contribution in [0.4, 0.5) is 8.78 Å². The Morgan fingerprint density at radius 3 is 2.33 bits per heavy atom. The summed E-state index contributed by atoms with van der Waals surface area (Å²) in [5.41, 5.74) is 0.900. The quantitative estimate of drug-likeness (QED) is 0.132. The van der Waals surface area contributed by atoms with E-state index in [-0.39, 0.29) is 57.2 Å². The molecule has 0 N–H and O–H groups in total. The van der Waals surface area contributed by atoms with Crippen molar-refractivity contribution in [2.75, 3.05) is 20.0 Å². The van der Waals surface area contributed by atoms with Crippen molar-refractivity contribution in [1.29, 1.82) is 0 Å². The number of esters is 1. The van der Waals surface area contributed by atoms with Gasteiger partial charge in [0.1, 0.15) is 27.5 Å². The van der Waals surface area contributed by atoms with Gasteiger partial charge < -0.3 is 24.2 Å². The van der Waals surface area contributed by atoms with Gasteiger partial charge in [-0.3, -0.25) is 0 Å². The zero-order chi connectivity index (χ0) is 30.6. The molecule has 3 aromatic rings. The summed E-state index contributed by atoms with van der Waals surface area (Å²) in [5, 5.41) is 11.8. The average molecular weight is 646 g/mol. The first-order chi connectivity index (χ1) is 19.8. The average Bonchev–Trinajstić information content (AvgIpc) is 3.72. The third-order valence-electron chi connectivity index (χ3n) is 6.34. The molecule has 0 radical (unpaired) electrons. The molecule has 0 aliphatic heterocycles. The molecule has 4 rings (SSSR count). The maximum atomic E-state index is 13.5. The first kappa shape index (κ1) is 31.6. The largest absolute Gasteiger partial charge is 0.619 e. The molecule has 0 spiro atoms. The smallest absolute Gasteiger partial charge is 0.387 e. The lowest BCUT2D eigenvalue weighted by Gasteiger charge is -2.22. The molecule has 2 aromatic carbocycles. The minimum atomic E-state index is -3.41. The SMILES string of the molecule is COc1ccc(CS(C)(=O)=O)cc1C(=O)O[C@@H](Cc1c(Cl)c[n+]([O-])cc1Cl)c1ccc(OC(F)F)c(OCC2CC2)c1. The Labute approximate surface area is 251 Å². The van der Waals surface area contributed by atoms with Crippen molar-refractivity contribution in [2.24, 2.45) is 5.92 Å². The first-order valence-corrected chi connectivity index (χ1v) is 15.5. The van der Waals surface area contributed by atoms with Gasteiger partial charge in [0.2, 0.25) is 0 Å². The predicted octanol–water partition coefficient (Wildman–Crippen LogP) is 5.71. The summed E-state index contributed by atoms with van der Waals surface area (Å²) in [6.45, 7) is -2.81. The van der Waals surface area contributed by atoms with Crippen LogP contribution in [0.5, 0.6) is 17.2 Å². The van der Waals surface area contributed by atoms with Gasteiger partial charge in [0, 0.05) is 18.2 Å². The molecule has 1 fully saturated rings. The molecule has 1 saturated carbocycles. The molecule has 226 valence electrons. The third kappa shape index (κ3) is 8.59. The van der Waals surface area contributed by atoms with Gasteiger partial charge in [-0.1, -0.05) is 35.3 Å². The number of ether oxygens (including phenoxy) is 4. The van der Waals surface area contributed by atoms with Gasteiger partial charge in [-0.2, -0.15) is 13.5 Å². The van der Waals surface area contributed by atoms with E-state index in [9.17, 15) is 27.2 Å². The Balaban J connectivity index is 1.74. The first-order valence-electron chi connectivity index (χ1n) is 12.7. The fraction of sp³-hybridized carbons (Fsp3) is 0.357. The minimum Gasteiger partial charge on any atom is -0.619 e. The maximum absolute atomic E-state index is 13.5. The number of benzene rings is 2. The maximum Gasteiger partial charge on any atom is 0.387 e. The van der Waals surface area contributed by atoms with Crippen LogP contribution in [0.25, 0.3) is 0 Å². The zero-order valence-corrected chi connectivity index (χ0v) is 24.8. The lowest BCUT2D eigenvalue weighted by molar-refractivity contribution is -0.605. The van der Waals surface area contributed by atoms with Crippen molar-refractivity contribution in [2.45, 2.75) is 37.7 Å². The second kappa shape index (κ2) is 13.3. The molecule has 14 heteroatoms. The molecule has 0 bridgehead atoms. The summed E-state index contributed by atoms with van der Waals surface area (Å²) >= 11 is 12.6. The van der Waals surface area contributed by atoms with E-state index in [1.807, 2.05) is 0 Å². The van der Waals surface area contributed by atoms with Gasteiger partial charge in [-0.15, -0.1) is 0 Å². The Hall–Kier alpha value is -3.35. The highest BCUT2D eigenvalue weighted by molar-refractivity contribution is 7.89. The predicted molar refractivity (Wildman–Crippen MR) is 150 cm³/mol. The summed E-state index contributed by atoms with van der Waals surface area (Å²) in [6.07, 6.45) is 3.90. The van der Waals surface area contributed by atoms with Crippen molar-refractivity contribution in [3.05, 3.63) is 86.3 Å². The van der Waals surface area contributed by atoms with Crippen molar-refractivity contribution in [1.82, 2.24) is 0 Å². The number of carbonyl (C=O) groups excluding carboxylic acids is 1. The number of halogens is 4. The molecule has 1 aliphatic rings. The van der Waals surface area contributed by atoms with Crippen molar-refractivity contribution in [3.8, 4) is 17.2 Å². The van der Waals surface area contributed by atoms with Gasteiger partial charge in [-0.05, 0) is 54.2 Å². The van der Waals surface area contributed by atoms with Gasteiger partial charge >= 0.3 is 12.6 Å². The van der Waals surface area contributed by atoms with Gasteiger partial charge in [0.15, 0.2) is 33.7 Å². The van der Waals surface area contributed by atoms with Crippen LogP contribution in [0, 0.1) is 11.1 Å². The number of hydrogen-bond donors (Lipinski definition) is 0. The lowest BCUT2D eigenvalue weighted by atomic mass is 10.0. The molecular weight excluding hydrogens is 619 g/mol. The molecule has 1 aromatic heterocycles. The van der Waals surface area contributed by atoms with Crippen LogP contribution in [0.15, 0.2) is 48.8 Å². The molecule has 0 saturated heterocycles. The van der Waals surface area contributed by atoms with Gasteiger partial charge in [-0.25, -0.2) is 13.2 Å². The molecule has 1 heterocycles. The lowest BCUT2D eigenvalue weighted by Crippen LogP contribution is -2.25. The number of methoxy groups -OCH3 is 1. The topological polar surface area (TPSA) is 115 Å². The minimum absolute atomic E-state index is 0.00846. The van der Waals surface area contributed by atoms with Gasteiger partial charge in [0.25, 0.3) is 0 Å². The second-order valence-electron chi connectivity index (χ2n) is 9.83. The molecule has 9 nitrogen and oxygen atoms in total. The highest BCUT2D eigenvalue weighted by Gasteiger charge is 2.28. The van der Waals surface area contributed by atoms with Crippen LogP contribution in [-0.2, 0) is 26.7 Å². The van der Waals surface area contributed by atoms with Crippen LogP contribution in [0.3, 0.4) is 0 Å². The van der Waals surface area contributed by atoms with Crippen molar-refractivity contribution in [3.63, 3.8) is 0 Å². The Bertz CT molecular complexity index is 1540. The number of nitrogens with zero attached hydrogens (tertiary/aromatic N) is 1. The Morgan fingerprint density at radius 2 is 1.74 bits per heavy atom. The molecule has 42 heavy (non-hydrogen) atoms. The van der Waals surface area contributed by atoms with Crippen molar-refractivity contribution >= 4 is 39.0 Å². The fourth-order valence-electron chi connectivity index (χ4n) is 4.16. The molecular formula is C28H27Cl2F2NO8S. The third-order valence-corrected chi connectivity index (χ3v) is 7.85. The number of rotatable bonds is 13. The standard InChI is InChI=1S/C28H27Cl2F2NO8S/c1-38-23-7-5-17(15-42(2,36)37)9-20(23)27(34)40-25(11-19-21(29)12-33(35)13-22(19)30)18-6-8-24(41-28(31)32)26(10-18)39-14-16-3-4-16/h5-10,12-13,16,25,28H,3-4,11,14-15H2,1-2H3/t25-/m0/s1. The van der Waals surface area contributed by atoms with Crippen LogP contribution >= 0.6 is 23.2 Å². The molecule has 1 aliphatic carbocycles. The van der Waals surface area contributed by atoms with E-state index < -0.39 is 28.5 Å². The van der Waals surface area contributed by atoms with E-state index in [0.29, 0.717) is 21.8 Å². The van der Waals surface area contributed by atoms with E-state index >= 15 is 0 Å².